The maximum Gasteiger partial charge on any atom is 0.181 e. The summed E-state index contributed by atoms with van der Waals surface area (Å²) in [4.78, 5) is 8.61. The smallest absolute Gasteiger partial charge is 0.181 e. The average Bonchev–Trinajstić information content (AvgIpc) is 2.75. The lowest BCUT2D eigenvalue weighted by atomic mass is 9.88. The molecule has 3 heterocycles. The molecule has 1 aliphatic rings. The van der Waals surface area contributed by atoms with Crippen LogP contribution in [0.2, 0.25) is 0 Å². The number of rotatable bonds is 0. The summed E-state index contributed by atoms with van der Waals surface area (Å²) < 4.78 is 7.70. The van der Waals surface area contributed by atoms with Crippen LogP contribution >= 0.6 is 0 Å². The van der Waals surface area contributed by atoms with E-state index in [9.17, 15) is 0 Å². The van der Waals surface area contributed by atoms with Crippen molar-refractivity contribution in [3.63, 3.8) is 0 Å². The maximum absolute atomic E-state index is 5.72. The first-order valence-corrected chi connectivity index (χ1v) is 5.70. The zero-order valence-electron chi connectivity index (χ0n) is 10.3. The number of imidazole rings is 1. The Bertz CT molecular complexity index is 566. The van der Waals surface area contributed by atoms with Crippen LogP contribution < -0.4 is 4.74 Å². The van der Waals surface area contributed by atoms with Gasteiger partial charge >= 0.3 is 0 Å². The number of fused-ring (bicyclic) bond motifs is 3. The van der Waals surface area contributed by atoms with Gasteiger partial charge in [-0.2, -0.15) is 0 Å². The number of ether oxygens (including phenoxy) is 1. The zero-order chi connectivity index (χ0) is 12.0. The average molecular weight is 229 g/mol. The van der Waals surface area contributed by atoms with Crippen LogP contribution in [0.25, 0.3) is 5.82 Å². The van der Waals surface area contributed by atoms with Gasteiger partial charge in [0.1, 0.15) is 12.9 Å². The van der Waals surface area contributed by atoms with Gasteiger partial charge < -0.3 is 4.74 Å². The van der Waals surface area contributed by atoms with E-state index in [1.165, 1.54) is 5.56 Å². The van der Waals surface area contributed by atoms with Crippen LogP contribution in [-0.4, -0.2) is 14.5 Å². The summed E-state index contributed by atoms with van der Waals surface area (Å²) in [7, 11) is 0. The van der Waals surface area contributed by atoms with Crippen molar-refractivity contribution in [3.05, 3.63) is 36.0 Å². The fraction of sp³-hybridized carbons (Fsp3) is 0.385. The zero-order valence-corrected chi connectivity index (χ0v) is 10.3. The van der Waals surface area contributed by atoms with Crippen molar-refractivity contribution in [3.8, 4) is 11.6 Å². The highest BCUT2D eigenvalue weighted by Gasteiger charge is 2.21. The molecule has 0 saturated carbocycles. The van der Waals surface area contributed by atoms with Crippen molar-refractivity contribution in [1.29, 1.82) is 0 Å². The van der Waals surface area contributed by atoms with Crippen molar-refractivity contribution in [1.82, 2.24) is 14.5 Å². The maximum atomic E-state index is 5.72. The Morgan fingerprint density at radius 1 is 1.29 bits per heavy atom. The molecule has 0 unspecified atom stereocenters. The molecule has 3 rings (SSSR count). The van der Waals surface area contributed by atoms with Crippen LogP contribution in [0.5, 0.6) is 5.75 Å². The molecule has 0 fully saturated rings. The molecule has 17 heavy (non-hydrogen) atoms. The first-order chi connectivity index (χ1) is 8.05. The molecule has 88 valence electrons. The summed E-state index contributed by atoms with van der Waals surface area (Å²) in [5.74, 6) is 1.67. The summed E-state index contributed by atoms with van der Waals surface area (Å²) in [5.41, 5.74) is 2.30. The highest BCUT2D eigenvalue weighted by atomic mass is 16.5. The van der Waals surface area contributed by atoms with Crippen LogP contribution in [0.15, 0.2) is 24.8 Å². The van der Waals surface area contributed by atoms with Crippen molar-refractivity contribution < 1.29 is 4.74 Å². The molecule has 0 atom stereocenters. The lowest BCUT2D eigenvalue weighted by Crippen LogP contribution is -2.17. The van der Waals surface area contributed by atoms with E-state index >= 15 is 0 Å². The minimum atomic E-state index is 0.0839. The SMILES string of the molecule is CC(C)(C)c1cnc2c(c1)OCc1cncn1-2. The van der Waals surface area contributed by atoms with E-state index in [1.807, 2.05) is 17.0 Å². The molecule has 0 radical (unpaired) electrons. The van der Waals surface area contributed by atoms with E-state index in [0.717, 1.165) is 17.3 Å². The van der Waals surface area contributed by atoms with E-state index in [-0.39, 0.29) is 5.41 Å². The van der Waals surface area contributed by atoms with Gasteiger partial charge in [0.15, 0.2) is 11.6 Å². The van der Waals surface area contributed by atoms with E-state index in [1.54, 1.807) is 6.33 Å². The van der Waals surface area contributed by atoms with Crippen LogP contribution in [0, 0.1) is 0 Å². The molecule has 4 nitrogen and oxygen atoms in total. The number of pyridine rings is 1. The summed E-state index contributed by atoms with van der Waals surface area (Å²) in [6.07, 6.45) is 5.50. The third-order valence-corrected chi connectivity index (χ3v) is 3.02. The van der Waals surface area contributed by atoms with E-state index in [2.05, 4.69) is 36.8 Å². The van der Waals surface area contributed by atoms with Gasteiger partial charge in [-0.1, -0.05) is 20.8 Å². The minimum Gasteiger partial charge on any atom is -0.483 e. The second-order valence-electron chi connectivity index (χ2n) is 5.34. The van der Waals surface area contributed by atoms with Crippen LogP contribution in [0.1, 0.15) is 32.0 Å². The lowest BCUT2D eigenvalue weighted by Gasteiger charge is -2.23. The van der Waals surface area contributed by atoms with Crippen molar-refractivity contribution in [2.75, 3.05) is 0 Å². The lowest BCUT2D eigenvalue weighted by molar-refractivity contribution is 0.282. The Balaban J connectivity index is 2.14. The molecular weight excluding hydrogens is 214 g/mol. The van der Waals surface area contributed by atoms with Gasteiger partial charge in [0.25, 0.3) is 0 Å². The Labute approximate surface area is 100 Å². The van der Waals surface area contributed by atoms with Crippen molar-refractivity contribution in [2.24, 2.45) is 0 Å². The second-order valence-corrected chi connectivity index (χ2v) is 5.34. The van der Waals surface area contributed by atoms with Crippen LogP contribution in [0.4, 0.5) is 0 Å². The molecule has 2 aromatic rings. The second kappa shape index (κ2) is 3.32. The summed E-state index contributed by atoms with van der Waals surface area (Å²) >= 11 is 0. The molecule has 0 aliphatic carbocycles. The summed E-state index contributed by atoms with van der Waals surface area (Å²) in [6, 6.07) is 2.07. The van der Waals surface area contributed by atoms with E-state index in [0.29, 0.717) is 6.61 Å². The molecule has 0 bridgehead atoms. The van der Waals surface area contributed by atoms with E-state index in [4.69, 9.17) is 4.74 Å². The number of aromatic nitrogens is 3. The Morgan fingerprint density at radius 2 is 2.12 bits per heavy atom. The Morgan fingerprint density at radius 3 is 2.88 bits per heavy atom. The highest BCUT2D eigenvalue weighted by Crippen LogP contribution is 2.32. The van der Waals surface area contributed by atoms with Gasteiger partial charge in [-0.15, -0.1) is 0 Å². The van der Waals surface area contributed by atoms with E-state index < -0.39 is 0 Å². The number of nitrogens with zero attached hydrogens (tertiary/aromatic N) is 3. The molecule has 1 aliphatic heterocycles. The predicted molar refractivity (Wildman–Crippen MR) is 64.4 cm³/mol. The standard InChI is InChI=1S/C13H15N3O/c1-13(2,3)9-4-11-12(15-5-9)16-8-14-6-10(16)7-17-11/h4-6,8H,7H2,1-3H3. The van der Waals surface area contributed by atoms with Crippen LogP contribution in [0.3, 0.4) is 0 Å². The third kappa shape index (κ3) is 1.60. The van der Waals surface area contributed by atoms with Gasteiger partial charge in [-0.25, -0.2) is 9.97 Å². The van der Waals surface area contributed by atoms with Gasteiger partial charge in [-0.05, 0) is 17.0 Å². The Kier molecular flexibility index (Phi) is 2.02. The van der Waals surface area contributed by atoms with Gasteiger partial charge in [-0.3, -0.25) is 4.57 Å². The molecular formula is C13H15N3O. The van der Waals surface area contributed by atoms with Gasteiger partial charge in [0.05, 0.1) is 11.9 Å². The molecule has 0 aromatic carbocycles. The molecule has 0 saturated heterocycles. The normalized spacial score (nSPS) is 13.8. The molecule has 4 heteroatoms. The predicted octanol–water partition coefficient (Wildman–Crippen LogP) is 2.46. The van der Waals surface area contributed by atoms with Gasteiger partial charge in [0, 0.05) is 6.20 Å². The molecule has 0 N–H and O–H groups in total. The fourth-order valence-corrected chi connectivity index (χ4v) is 1.91. The van der Waals surface area contributed by atoms with Crippen molar-refractivity contribution in [2.45, 2.75) is 32.8 Å². The van der Waals surface area contributed by atoms with Crippen molar-refractivity contribution >= 4 is 0 Å². The van der Waals surface area contributed by atoms with Gasteiger partial charge in [0.2, 0.25) is 0 Å². The number of hydrogen-bond donors (Lipinski definition) is 0. The Hall–Kier alpha value is -1.84. The van der Waals surface area contributed by atoms with Crippen LogP contribution in [-0.2, 0) is 12.0 Å². The topological polar surface area (TPSA) is 39.9 Å². The third-order valence-electron chi connectivity index (χ3n) is 3.02. The summed E-state index contributed by atoms with van der Waals surface area (Å²) in [5, 5.41) is 0. The quantitative estimate of drug-likeness (QED) is 0.696. The number of hydrogen-bond acceptors (Lipinski definition) is 3. The summed E-state index contributed by atoms with van der Waals surface area (Å²) in [6.45, 7) is 7.06. The first-order valence-electron chi connectivity index (χ1n) is 5.70. The molecule has 0 spiro atoms. The molecule has 2 aromatic heterocycles. The highest BCUT2D eigenvalue weighted by molar-refractivity contribution is 5.46. The first kappa shape index (κ1) is 10.3. The largest absolute Gasteiger partial charge is 0.483 e. The fourth-order valence-electron chi connectivity index (χ4n) is 1.91. The molecule has 0 amide bonds. The monoisotopic (exact) mass is 229 g/mol. The minimum absolute atomic E-state index is 0.0839.